The minimum Gasteiger partial charge on any atom is -0.314 e. The van der Waals surface area contributed by atoms with Gasteiger partial charge in [0.25, 0.3) is 0 Å². The molecule has 0 saturated carbocycles. The molecule has 0 amide bonds. The van der Waals surface area contributed by atoms with Crippen LogP contribution in [0.2, 0.25) is 0 Å². The van der Waals surface area contributed by atoms with Crippen LogP contribution in [0, 0.1) is 0 Å². The molecular weight excluding hydrogens is 260 g/mol. The van der Waals surface area contributed by atoms with Crippen LogP contribution in [0.5, 0.6) is 0 Å². The van der Waals surface area contributed by atoms with E-state index in [4.69, 9.17) is 25.3 Å². The van der Waals surface area contributed by atoms with E-state index < -0.39 is 0 Å². The van der Waals surface area contributed by atoms with Crippen LogP contribution in [0.4, 0.5) is 0 Å². The molecule has 4 heteroatoms. The van der Waals surface area contributed by atoms with Crippen molar-refractivity contribution in [3.63, 3.8) is 0 Å². The van der Waals surface area contributed by atoms with Crippen molar-refractivity contribution in [2.75, 3.05) is 26.2 Å². The van der Waals surface area contributed by atoms with Crippen LogP contribution >= 0.6 is 25.3 Å². The van der Waals surface area contributed by atoms with Crippen LogP contribution in [0.25, 0.3) is 0 Å². The van der Waals surface area contributed by atoms with Gasteiger partial charge in [0, 0.05) is 35.7 Å². The zero-order valence-corrected chi connectivity index (χ0v) is 14.3. The van der Waals surface area contributed by atoms with Crippen LogP contribution < -0.4 is 10.6 Å². The Hall–Kier alpha value is 0.620. The summed E-state index contributed by atoms with van der Waals surface area (Å²) in [4.78, 5) is 0. The summed E-state index contributed by atoms with van der Waals surface area (Å²) >= 11 is 9.45. The van der Waals surface area contributed by atoms with Crippen LogP contribution in [0.1, 0.15) is 53.4 Å². The van der Waals surface area contributed by atoms with Crippen LogP contribution in [0.3, 0.4) is 0 Å². The van der Waals surface area contributed by atoms with Crippen LogP contribution in [0.15, 0.2) is 0 Å². The number of hydrogen-bond acceptors (Lipinski definition) is 4. The molecule has 0 bridgehead atoms. The molecule has 0 aliphatic rings. The number of nitrogens with one attached hydrogen (secondary N) is 2. The molecular formula is C14H32N2S2. The first-order chi connectivity index (χ1) is 8.45. The zero-order valence-electron chi connectivity index (χ0n) is 12.6. The van der Waals surface area contributed by atoms with Gasteiger partial charge in [-0.3, -0.25) is 0 Å². The average molecular weight is 293 g/mol. The lowest BCUT2D eigenvalue weighted by Gasteiger charge is -2.27. The molecule has 0 aliphatic heterocycles. The molecule has 18 heavy (non-hydrogen) atoms. The van der Waals surface area contributed by atoms with Crippen LogP contribution in [-0.2, 0) is 0 Å². The van der Waals surface area contributed by atoms with Crippen molar-refractivity contribution < 1.29 is 0 Å². The Balaban J connectivity index is 3.63. The Morgan fingerprint density at radius 2 is 0.944 bits per heavy atom. The standard InChI is InChI=1S/C14H32N2S2/c1-5-13(17,6-2)11-15-9-10-16-12-14(18,7-3)8-4/h15-18H,5-12H2,1-4H3. The van der Waals surface area contributed by atoms with Gasteiger partial charge in [0.05, 0.1) is 0 Å². The number of hydrogen-bond donors (Lipinski definition) is 4. The molecule has 0 heterocycles. The fourth-order valence-electron chi connectivity index (χ4n) is 1.82. The third-order valence-electron chi connectivity index (χ3n) is 4.02. The van der Waals surface area contributed by atoms with Gasteiger partial charge in [-0.15, -0.1) is 0 Å². The predicted octanol–water partition coefficient (Wildman–Crippen LogP) is 3.14. The van der Waals surface area contributed by atoms with Crippen molar-refractivity contribution in [3.8, 4) is 0 Å². The SMILES string of the molecule is CCC(S)(CC)CNCCNCC(S)(CC)CC. The monoisotopic (exact) mass is 292 g/mol. The molecule has 0 radical (unpaired) electrons. The highest BCUT2D eigenvalue weighted by molar-refractivity contribution is 7.82. The molecule has 2 nitrogen and oxygen atoms in total. The maximum Gasteiger partial charge on any atom is 0.0249 e. The molecule has 110 valence electrons. The second-order valence-electron chi connectivity index (χ2n) is 5.22. The molecule has 0 aliphatic carbocycles. The summed E-state index contributed by atoms with van der Waals surface area (Å²) < 4.78 is 0.306. The maximum atomic E-state index is 4.72. The van der Waals surface area contributed by atoms with Crippen molar-refractivity contribution in [2.24, 2.45) is 0 Å². The van der Waals surface area contributed by atoms with Gasteiger partial charge in [-0.05, 0) is 25.7 Å². The molecule has 0 unspecified atom stereocenters. The highest BCUT2D eigenvalue weighted by Gasteiger charge is 2.21. The first-order valence-electron chi connectivity index (χ1n) is 7.31. The lowest BCUT2D eigenvalue weighted by Crippen LogP contribution is -2.41. The molecule has 0 rings (SSSR count). The number of thiol groups is 2. The minimum absolute atomic E-state index is 0.153. The van der Waals surface area contributed by atoms with Crippen molar-refractivity contribution >= 4 is 25.3 Å². The molecule has 0 aromatic carbocycles. The van der Waals surface area contributed by atoms with Gasteiger partial charge in [0.2, 0.25) is 0 Å². The largest absolute Gasteiger partial charge is 0.314 e. The lowest BCUT2D eigenvalue weighted by molar-refractivity contribution is 0.469. The molecule has 0 spiro atoms. The van der Waals surface area contributed by atoms with E-state index in [0.29, 0.717) is 0 Å². The van der Waals surface area contributed by atoms with E-state index in [0.717, 1.165) is 51.9 Å². The van der Waals surface area contributed by atoms with Gasteiger partial charge < -0.3 is 10.6 Å². The summed E-state index contributed by atoms with van der Waals surface area (Å²) in [6.07, 6.45) is 4.44. The Kier molecular flexibility index (Phi) is 9.84. The summed E-state index contributed by atoms with van der Waals surface area (Å²) in [5.74, 6) is 0. The van der Waals surface area contributed by atoms with Gasteiger partial charge in [0.1, 0.15) is 0 Å². The average Bonchev–Trinajstić information content (AvgIpc) is 2.42. The van der Waals surface area contributed by atoms with Crippen molar-refractivity contribution in [2.45, 2.75) is 62.9 Å². The van der Waals surface area contributed by atoms with E-state index in [1.54, 1.807) is 0 Å². The van der Waals surface area contributed by atoms with E-state index in [2.05, 4.69) is 38.3 Å². The van der Waals surface area contributed by atoms with Gasteiger partial charge in [-0.25, -0.2) is 0 Å². The molecule has 0 saturated heterocycles. The van der Waals surface area contributed by atoms with Gasteiger partial charge in [-0.1, -0.05) is 27.7 Å². The molecule has 0 atom stereocenters. The minimum atomic E-state index is 0.153. The summed E-state index contributed by atoms with van der Waals surface area (Å²) in [6, 6.07) is 0. The fourth-order valence-corrected chi connectivity index (χ4v) is 2.04. The first kappa shape index (κ1) is 18.6. The Morgan fingerprint density at radius 3 is 1.17 bits per heavy atom. The van der Waals surface area contributed by atoms with Crippen molar-refractivity contribution in [1.82, 2.24) is 10.6 Å². The highest BCUT2D eigenvalue weighted by Crippen LogP contribution is 2.22. The summed E-state index contributed by atoms with van der Waals surface area (Å²) in [7, 11) is 0. The van der Waals surface area contributed by atoms with Crippen molar-refractivity contribution in [1.29, 1.82) is 0 Å². The fraction of sp³-hybridized carbons (Fsp3) is 1.00. The predicted molar refractivity (Wildman–Crippen MR) is 90.3 cm³/mol. The van der Waals surface area contributed by atoms with E-state index >= 15 is 0 Å². The molecule has 0 aromatic rings. The van der Waals surface area contributed by atoms with Crippen LogP contribution in [-0.4, -0.2) is 35.7 Å². The normalized spacial score (nSPS) is 13.0. The quantitative estimate of drug-likeness (QED) is 0.347. The molecule has 2 N–H and O–H groups in total. The van der Waals surface area contributed by atoms with E-state index in [1.807, 2.05) is 0 Å². The smallest absolute Gasteiger partial charge is 0.0249 e. The van der Waals surface area contributed by atoms with Gasteiger partial charge >= 0.3 is 0 Å². The van der Waals surface area contributed by atoms with E-state index in [-0.39, 0.29) is 9.49 Å². The third kappa shape index (κ3) is 7.27. The summed E-state index contributed by atoms with van der Waals surface area (Å²) in [6.45, 7) is 12.8. The summed E-state index contributed by atoms with van der Waals surface area (Å²) in [5.41, 5.74) is 0. The lowest BCUT2D eigenvalue weighted by atomic mass is 10.0. The van der Waals surface area contributed by atoms with E-state index in [9.17, 15) is 0 Å². The third-order valence-corrected chi connectivity index (χ3v) is 5.60. The zero-order chi connectivity index (χ0) is 14.1. The van der Waals surface area contributed by atoms with E-state index in [1.165, 1.54) is 0 Å². The number of rotatable bonds is 11. The Bertz CT molecular complexity index is 180. The topological polar surface area (TPSA) is 24.1 Å². The van der Waals surface area contributed by atoms with Gasteiger partial charge in [0.15, 0.2) is 0 Å². The van der Waals surface area contributed by atoms with Crippen molar-refractivity contribution in [3.05, 3.63) is 0 Å². The first-order valence-corrected chi connectivity index (χ1v) is 8.21. The molecule has 0 aromatic heterocycles. The summed E-state index contributed by atoms with van der Waals surface area (Å²) in [5, 5.41) is 6.97. The Morgan fingerprint density at radius 1 is 0.667 bits per heavy atom. The Labute approximate surface area is 125 Å². The second kappa shape index (κ2) is 9.51. The maximum absolute atomic E-state index is 4.72. The highest BCUT2D eigenvalue weighted by atomic mass is 32.1. The van der Waals surface area contributed by atoms with Gasteiger partial charge in [-0.2, -0.15) is 25.3 Å². The second-order valence-corrected chi connectivity index (χ2v) is 7.11. The molecule has 0 fully saturated rings.